The van der Waals surface area contributed by atoms with Gasteiger partial charge < -0.3 is 5.32 Å². The van der Waals surface area contributed by atoms with Crippen molar-refractivity contribution in [3.63, 3.8) is 0 Å². The van der Waals surface area contributed by atoms with Gasteiger partial charge in [0.2, 0.25) is 5.95 Å². The number of sulfonamides is 1. The highest BCUT2D eigenvalue weighted by molar-refractivity contribution is 7.92. The largest absolute Gasteiger partial charge is 0.350 e. The minimum absolute atomic E-state index is 0.0108. The van der Waals surface area contributed by atoms with Gasteiger partial charge in [0.15, 0.2) is 0 Å². The Morgan fingerprint density at radius 2 is 1.44 bits per heavy atom. The second kappa shape index (κ2) is 9.40. The van der Waals surface area contributed by atoms with E-state index in [9.17, 15) is 18.0 Å². The van der Waals surface area contributed by atoms with Crippen LogP contribution in [0.25, 0.3) is 0 Å². The van der Waals surface area contributed by atoms with E-state index in [0.717, 1.165) is 4.90 Å². The second-order valence-corrected chi connectivity index (χ2v) is 9.96. The summed E-state index contributed by atoms with van der Waals surface area (Å²) in [6, 6.07) is 9.48. The van der Waals surface area contributed by atoms with Crippen LogP contribution in [0.4, 0.5) is 17.3 Å². The molecule has 0 spiro atoms. The summed E-state index contributed by atoms with van der Waals surface area (Å²) < 4.78 is 27.3. The number of rotatable bonds is 6. The van der Waals surface area contributed by atoms with Crippen molar-refractivity contribution in [3.05, 3.63) is 80.7 Å². The van der Waals surface area contributed by atoms with E-state index in [1.807, 2.05) is 0 Å². The molecule has 14 heteroatoms. The average molecular weight is 559 g/mol. The van der Waals surface area contributed by atoms with E-state index in [1.54, 1.807) is 6.07 Å². The molecule has 1 aliphatic rings. The molecular formula is C20H11Cl4N5O4S. The van der Waals surface area contributed by atoms with Crippen molar-refractivity contribution in [2.75, 3.05) is 14.9 Å². The predicted molar refractivity (Wildman–Crippen MR) is 130 cm³/mol. The van der Waals surface area contributed by atoms with Crippen molar-refractivity contribution in [1.82, 2.24) is 9.97 Å². The maximum atomic E-state index is 13.0. The van der Waals surface area contributed by atoms with Crippen molar-refractivity contribution >= 4 is 85.6 Å². The molecule has 0 radical (unpaired) electrons. The zero-order chi connectivity index (χ0) is 24.6. The molecule has 0 aliphatic carbocycles. The third kappa shape index (κ3) is 4.68. The summed E-state index contributed by atoms with van der Waals surface area (Å²) in [4.78, 5) is 33.9. The molecule has 9 nitrogen and oxygen atoms in total. The van der Waals surface area contributed by atoms with Gasteiger partial charge in [-0.2, -0.15) is 0 Å². The lowest BCUT2D eigenvalue weighted by Crippen LogP contribution is -2.32. The van der Waals surface area contributed by atoms with E-state index >= 15 is 0 Å². The molecule has 1 aromatic heterocycles. The SMILES string of the molecule is O=C1C(Cl)=C(Nc2ccc(S(=O)(=O)Nc3ncccn3)cc2)C(=O)N1c1cc(Cl)c(Cl)cc1Cl. The van der Waals surface area contributed by atoms with Crippen LogP contribution >= 0.6 is 46.4 Å². The van der Waals surface area contributed by atoms with E-state index in [4.69, 9.17) is 46.4 Å². The molecule has 0 fully saturated rings. The zero-order valence-electron chi connectivity index (χ0n) is 16.6. The van der Waals surface area contributed by atoms with Crippen LogP contribution in [0.2, 0.25) is 15.1 Å². The number of hydrogen-bond acceptors (Lipinski definition) is 7. The van der Waals surface area contributed by atoms with E-state index in [0.29, 0.717) is 5.69 Å². The predicted octanol–water partition coefficient (Wildman–Crippen LogP) is 4.67. The van der Waals surface area contributed by atoms with Crippen LogP contribution in [0.5, 0.6) is 0 Å². The minimum Gasteiger partial charge on any atom is -0.350 e. The minimum atomic E-state index is -3.95. The summed E-state index contributed by atoms with van der Waals surface area (Å²) in [6.45, 7) is 0. The van der Waals surface area contributed by atoms with Gasteiger partial charge in [-0.25, -0.2) is 28.0 Å². The Bertz CT molecular complexity index is 1450. The number of anilines is 3. The maximum Gasteiger partial charge on any atom is 0.283 e. The summed E-state index contributed by atoms with van der Waals surface area (Å²) in [6.07, 6.45) is 2.79. The highest BCUT2D eigenvalue weighted by Gasteiger charge is 2.40. The van der Waals surface area contributed by atoms with Crippen LogP contribution in [0.15, 0.2) is 70.5 Å². The Hall–Kier alpha value is -2.89. The van der Waals surface area contributed by atoms with Gasteiger partial charge in [0.1, 0.15) is 10.7 Å². The molecule has 4 rings (SSSR count). The van der Waals surface area contributed by atoms with Crippen molar-refractivity contribution in [1.29, 1.82) is 0 Å². The summed E-state index contributed by atoms with van der Waals surface area (Å²) in [5, 5.41) is 2.61. The fraction of sp³-hybridized carbons (Fsp3) is 0. The summed E-state index contributed by atoms with van der Waals surface area (Å²) >= 11 is 24.2. The lowest BCUT2D eigenvalue weighted by atomic mass is 10.2. The third-order valence-electron chi connectivity index (χ3n) is 4.48. The third-order valence-corrected chi connectivity index (χ3v) is 7.20. The smallest absolute Gasteiger partial charge is 0.283 e. The Morgan fingerprint density at radius 1 is 0.824 bits per heavy atom. The number of nitrogens with one attached hydrogen (secondary N) is 2. The van der Waals surface area contributed by atoms with Gasteiger partial charge >= 0.3 is 0 Å². The molecule has 0 atom stereocenters. The topological polar surface area (TPSA) is 121 Å². The number of amides is 2. The summed E-state index contributed by atoms with van der Waals surface area (Å²) in [5.41, 5.74) is 0.0863. The fourth-order valence-electron chi connectivity index (χ4n) is 2.91. The van der Waals surface area contributed by atoms with Crippen LogP contribution in [0.3, 0.4) is 0 Å². The molecule has 2 amide bonds. The van der Waals surface area contributed by atoms with Crippen molar-refractivity contribution in [2.24, 2.45) is 0 Å². The van der Waals surface area contributed by atoms with Gasteiger partial charge in [0.05, 0.1) is 25.7 Å². The fourth-order valence-corrected chi connectivity index (χ4v) is 4.70. The highest BCUT2D eigenvalue weighted by atomic mass is 35.5. The number of aromatic nitrogens is 2. The van der Waals surface area contributed by atoms with Crippen molar-refractivity contribution in [3.8, 4) is 0 Å². The van der Waals surface area contributed by atoms with Crippen LogP contribution in [-0.4, -0.2) is 30.2 Å². The molecule has 0 bridgehead atoms. The summed E-state index contributed by atoms with van der Waals surface area (Å²) in [5.74, 6) is -1.69. The Balaban J connectivity index is 1.55. The first kappa shape index (κ1) is 24.2. The Kier molecular flexibility index (Phi) is 6.70. The molecule has 0 saturated heterocycles. The van der Waals surface area contributed by atoms with E-state index < -0.39 is 21.8 Å². The number of halogens is 4. The second-order valence-electron chi connectivity index (χ2n) is 6.68. The molecule has 0 unspecified atom stereocenters. The van der Waals surface area contributed by atoms with Crippen molar-refractivity contribution < 1.29 is 18.0 Å². The van der Waals surface area contributed by atoms with Gasteiger partial charge in [-0.1, -0.05) is 46.4 Å². The first-order valence-electron chi connectivity index (χ1n) is 9.18. The molecule has 1 aliphatic heterocycles. The first-order valence-corrected chi connectivity index (χ1v) is 12.2. The van der Waals surface area contributed by atoms with Crippen LogP contribution < -0.4 is 14.9 Å². The Morgan fingerprint density at radius 3 is 2.09 bits per heavy atom. The summed E-state index contributed by atoms with van der Waals surface area (Å²) in [7, 11) is -3.95. The van der Waals surface area contributed by atoms with Gasteiger partial charge in [-0.3, -0.25) is 9.59 Å². The quantitative estimate of drug-likeness (QED) is 0.333. The number of carbonyl (C=O) groups excluding carboxylic acids is 2. The number of benzene rings is 2. The highest BCUT2D eigenvalue weighted by Crippen LogP contribution is 2.38. The van der Waals surface area contributed by atoms with E-state index in [1.165, 1.54) is 48.8 Å². The number of carbonyl (C=O) groups is 2. The molecular weight excluding hydrogens is 548 g/mol. The van der Waals surface area contributed by atoms with Gasteiger partial charge in [-0.05, 0) is 42.5 Å². The Labute approximate surface area is 213 Å². The monoisotopic (exact) mass is 557 g/mol. The first-order chi connectivity index (χ1) is 16.1. The van der Waals surface area contributed by atoms with E-state index in [-0.39, 0.29) is 42.3 Å². The van der Waals surface area contributed by atoms with Gasteiger partial charge in [0, 0.05) is 18.1 Å². The van der Waals surface area contributed by atoms with Crippen LogP contribution in [0, 0.1) is 0 Å². The van der Waals surface area contributed by atoms with Crippen molar-refractivity contribution in [2.45, 2.75) is 4.90 Å². The van der Waals surface area contributed by atoms with Crippen LogP contribution in [0.1, 0.15) is 0 Å². The average Bonchev–Trinajstić information content (AvgIpc) is 3.00. The lowest BCUT2D eigenvalue weighted by Gasteiger charge is -2.17. The number of imide groups is 1. The molecule has 3 aromatic rings. The van der Waals surface area contributed by atoms with Gasteiger partial charge in [-0.15, -0.1) is 0 Å². The number of nitrogens with zero attached hydrogens (tertiary/aromatic N) is 3. The molecule has 2 N–H and O–H groups in total. The van der Waals surface area contributed by atoms with E-state index in [2.05, 4.69) is 20.0 Å². The standard InChI is InChI=1S/C20H11Cl4N5O4S/c21-12-8-14(23)15(9-13(12)22)29-18(30)16(24)17(19(29)31)27-10-2-4-11(5-3-10)34(32,33)28-20-25-6-1-7-26-20/h1-9,27H,(H,25,26,28). The maximum absolute atomic E-state index is 13.0. The molecule has 2 heterocycles. The normalized spacial score (nSPS) is 14.1. The lowest BCUT2D eigenvalue weighted by molar-refractivity contribution is -0.120. The van der Waals surface area contributed by atoms with Crippen LogP contribution in [-0.2, 0) is 19.6 Å². The molecule has 34 heavy (non-hydrogen) atoms. The zero-order valence-corrected chi connectivity index (χ0v) is 20.4. The van der Waals surface area contributed by atoms with Gasteiger partial charge in [0.25, 0.3) is 21.8 Å². The number of hydrogen-bond donors (Lipinski definition) is 2. The molecule has 0 saturated carbocycles. The molecule has 2 aromatic carbocycles. The molecule has 174 valence electrons.